The molecule has 3 rings (SSSR count). The molecule has 0 aliphatic carbocycles. The van der Waals surface area contributed by atoms with Crippen molar-refractivity contribution in [1.29, 1.82) is 0 Å². The summed E-state index contributed by atoms with van der Waals surface area (Å²) in [6, 6.07) is 8.72. The van der Waals surface area contributed by atoms with Crippen LogP contribution in [0.5, 0.6) is 5.75 Å². The van der Waals surface area contributed by atoms with E-state index >= 15 is 0 Å². The van der Waals surface area contributed by atoms with Crippen LogP contribution in [-0.2, 0) is 16.0 Å². The van der Waals surface area contributed by atoms with Gasteiger partial charge in [-0.2, -0.15) is 0 Å². The molecule has 0 spiro atoms. The van der Waals surface area contributed by atoms with Crippen molar-refractivity contribution in [2.24, 2.45) is 0 Å². The Bertz CT molecular complexity index is 471. The highest BCUT2D eigenvalue weighted by atomic mass is 16.7. The summed E-state index contributed by atoms with van der Waals surface area (Å²) < 4.78 is 17.5. The van der Waals surface area contributed by atoms with Gasteiger partial charge in [-0.1, -0.05) is 24.6 Å². The molecule has 0 N–H and O–H groups in total. The molecule has 0 saturated carbocycles. The summed E-state index contributed by atoms with van der Waals surface area (Å²) in [5.41, 5.74) is 1.25. The van der Waals surface area contributed by atoms with Crippen molar-refractivity contribution in [3.05, 3.63) is 29.8 Å². The lowest BCUT2D eigenvalue weighted by molar-refractivity contribution is -0.111. The highest BCUT2D eigenvalue weighted by Crippen LogP contribution is 2.28. The summed E-state index contributed by atoms with van der Waals surface area (Å²) in [6.45, 7) is 7.59. The molecule has 1 aromatic rings. The third-order valence-corrected chi connectivity index (χ3v) is 4.33. The fourth-order valence-electron chi connectivity index (χ4n) is 3.34. The Morgan fingerprint density at radius 2 is 1.95 bits per heavy atom. The van der Waals surface area contributed by atoms with Crippen LogP contribution in [-0.4, -0.2) is 43.1 Å². The monoisotopic (exact) mass is 305 g/mol. The van der Waals surface area contributed by atoms with Gasteiger partial charge in [-0.25, -0.2) is 0 Å². The Labute approximate surface area is 133 Å². The van der Waals surface area contributed by atoms with E-state index < -0.39 is 0 Å². The maximum absolute atomic E-state index is 5.96. The molecule has 0 amide bonds. The SMILES string of the molecule is CC(C)Oc1ccccc1CN1CCCCC1C1OCCO1. The topological polar surface area (TPSA) is 30.9 Å². The summed E-state index contributed by atoms with van der Waals surface area (Å²) in [5, 5.41) is 0. The number of rotatable bonds is 5. The van der Waals surface area contributed by atoms with Crippen LogP contribution in [0.2, 0.25) is 0 Å². The van der Waals surface area contributed by atoms with E-state index in [-0.39, 0.29) is 12.4 Å². The molecule has 2 aliphatic heterocycles. The minimum atomic E-state index is -0.0570. The number of piperidine rings is 1. The van der Waals surface area contributed by atoms with Crippen LogP contribution in [0.1, 0.15) is 38.7 Å². The van der Waals surface area contributed by atoms with E-state index in [0.717, 1.165) is 38.5 Å². The van der Waals surface area contributed by atoms with Crippen molar-refractivity contribution >= 4 is 0 Å². The van der Waals surface area contributed by atoms with Gasteiger partial charge in [0.15, 0.2) is 6.29 Å². The van der Waals surface area contributed by atoms with Gasteiger partial charge < -0.3 is 14.2 Å². The standard InChI is InChI=1S/C18H27NO3/c1-14(2)22-17-9-4-3-7-15(17)13-19-10-6-5-8-16(19)18-20-11-12-21-18/h3-4,7,9,14,16,18H,5-6,8,10-13H2,1-2H3. The Morgan fingerprint density at radius 1 is 1.18 bits per heavy atom. The van der Waals surface area contributed by atoms with Crippen LogP contribution in [0, 0.1) is 0 Å². The quantitative estimate of drug-likeness (QED) is 0.836. The number of hydrogen-bond acceptors (Lipinski definition) is 4. The minimum absolute atomic E-state index is 0.0570. The number of hydrogen-bond donors (Lipinski definition) is 0. The zero-order chi connectivity index (χ0) is 15.4. The zero-order valence-corrected chi connectivity index (χ0v) is 13.7. The zero-order valence-electron chi connectivity index (χ0n) is 13.7. The maximum Gasteiger partial charge on any atom is 0.173 e. The summed E-state index contributed by atoms with van der Waals surface area (Å²) in [4.78, 5) is 2.50. The molecule has 1 aromatic carbocycles. The van der Waals surface area contributed by atoms with Crippen LogP contribution in [0.25, 0.3) is 0 Å². The third-order valence-electron chi connectivity index (χ3n) is 4.33. The maximum atomic E-state index is 5.96. The van der Waals surface area contributed by atoms with Crippen LogP contribution < -0.4 is 4.74 Å². The number of ether oxygens (including phenoxy) is 3. The fraction of sp³-hybridized carbons (Fsp3) is 0.667. The number of nitrogens with zero attached hydrogens (tertiary/aromatic N) is 1. The second-order valence-electron chi connectivity index (χ2n) is 6.42. The van der Waals surface area contributed by atoms with E-state index in [1.54, 1.807) is 0 Å². The first-order valence-electron chi connectivity index (χ1n) is 8.46. The van der Waals surface area contributed by atoms with E-state index in [9.17, 15) is 0 Å². The molecule has 4 nitrogen and oxygen atoms in total. The first-order valence-corrected chi connectivity index (χ1v) is 8.46. The summed E-state index contributed by atoms with van der Waals surface area (Å²) in [5.74, 6) is 0.995. The molecule has 2 heterocycles. The Kier molecular flexibility index (Phi) is 5.34. The largest absolute Gasteiger partial charge is 0.491 e. The molecule has 1 unspecified atom stereocenters. The molecule has 0 radical (unpaired) electrons. The van der Waals surface area contributed by atoms with Gasteiger partial charge >= 0.3 is 0 Å². The average Bonchev–Trinajstić information content (AvgIpc) is 3.03. The minimum Gasteiger partial charge on any atom is -0.491 e. The summed E-state index contributed by atoms with van der Waals surface area (Å²) >= 11 is 0. The van der Waals surface area contributed by atoms with Crippen molar-refractivity contribution in [2.45, 2.75) is 58.1 Å². The lowest BCUT2D eigenvalue weighted by Gasteiger charge is -2.38. The lowest BCUT2D eigenvalue weighted by atomic mass is 10.0. The van der Waals surface area contributed by atoms with E-state index in [0.29, 0.717) is 6.04 Å². The molecule has 2 aliphatic rings. The first kappa shape index (κ1) is 15.8. The second-order valence-corrected chi connectivity index (χ2v) is 6.42. The van der Waals surface area contributed by atoms with Crippen molar-refractivity contribution in [3.8, 4) is 5.75 Å². The van der Waals surface area contributed by atoms with Crippen LogP contribution in [0.3, 0.4) is 0 Å². The van der Waals surface area contributed by atoms with E-state index in [1.807, 2.05) is 6.07 Å². The van der Waals surface area contributed by atoms with Crippen LogP contribution >= 0.6 is 0 Å². The van der Waals surface area contributed by atoms with Crippen molar-refractivity contribution in [1.82, 2.24) is 4.90 Å². The summed E-state index contributed by atoms with van der Waals surface area (Å²) in [7, 11) is 0. The molecular formula is C18H27NO3. The second kappa shape index (κ2) is 7.44. The van der Waals surface area contributed by atoms with Crippen molar-refractivity contribution in [2.75, 3.05) is 19.8 Å². The van der Waals surface area contributed by atoms with Crippen molar-refractivity contribution < 1.29 is 14.2 Å². The van der Waals surface area contributed by atoms with E-state index in [1.165, 1.54) is 18.4 Å². The molecular weight excluding hydrogens is 278 g/mol. The first-order chi connectivity index (χ1) is 10.7. The van der Waals surface area contributed by atoms with Gasteiger partial charge in [0, 0.05) is 12.1 Å². The van der Waals surface area contributed by atoms with Gasteiger partial charge in [-0.15, -0.1) is 0 Å². The third kappa shape index (κ3) is 3.80. The van der Waals surface area contributed by atoms with Gasteiger partial charge in [-0.05, 0) is 39.3 Å². The Morgan fingerprint density at radius 3 is 2.73 bits per heavy atom. The predicted octanol–water partition coefficient (Wildman–Crippen LogP) is 3.20. The fourth-order valence-corrected chi connectivity index (χ4v) is 3.34. The highest BCUT2D eigenvalue weighted by molar-refractivity contribution is 5.33. The highest BCUT2D eigenvalue weighted by Gasteiger charge is 2.33. The van der Waals surface area contributed by atoms with E-state index in [2.05, 4.69) is 36.9 Å². The van der Waals surface area contributed by atoms with Gasteiger partial charge in [0.1, 0.15) is 5.75 Å². The molecule has 0 bridgehead atoms. The molecule has 2 fully saturated rings. The molecule has 4 heteroatoms. The predicted molar refractivity (Wildman–Crippen MR) is 85.9 cm³/mol. The van der Waals surface area contributed by atoms with Gasteiger partial charge in [0.2, 0.25) is 0 Å². The number of para-hydroxylation sites is 1. The number of benzene rings is 1. The molecule has 1 atom stereocenters. The van der Waals surface area contributed by atoms with Gasteiger partial charge in [-0.3, -0.25) is 4.90 Å². The van der Waals surface area contributed by atoms with Crippen LogP contribution in [0.4, 0.5) is 0 Å². The molecule has 22 heavy (non-hydrogen) atoms. The van der Waals surface area contributed by atoms with E-state index in [4.69, 9.17) is 14.2 Å². The number of likely N-dealkylation sites (tertiary alicyclic amines) is 1. The molecule has 0 aromatic heterocycles. The Hall–Kier alpha value is -1.10. The average molecular weight is 305 g/mol. The lowest BCUT2D eigenvalue weighted by Crippen LogP contribution is -2.46. The summed E-state index contributed by atoms with van der Waals surface area (Å²) in [6.07, 6.45) is 3.79. The van der Waals surface area contributed by atoms with Crippen LogP contribution in [0.15, 0.2) is 24.3 Å². The smallest absolute Gasteiger partial charge is 0.173 e. The molecule has 122 valence electrons. The van der Waals surface area contributed by atoms with Gasteiger partial charge in [0.25, 0.3) is 0 Å². The van der Waals surface area contributed by atoms with Gasteiger partial charge in [0.05, 0.1) is 25.4 Å². The normalized spacial score (nSPS) is 24.0. The Balaban J connectivity index is 1.72. The molecule has 2 saturated heterocycles. The van der Waals surface area contributed by atoms with Crippen molar-refractivity contribution in [3.63, 3.8) is 0 Å².